The molecule has 7 nitrogen and oxygen atoms in total. The third kappa shape index (κ3) is 3.08. The Hall–Kier alpha value is -3.66. The Morgan fingerprint density at radius 1 is 1.33 bits per heavy atom. The number of fused-ring (bicyclic) bond motifs is 1. The molecule has 0 saturated carbocycles. The molecule has 0 atom stereocenters. The van der Waals surface area contributed by atoms with Crippen molar-refractivity contribution in [1.82, 2.24) is 19.5 Å². The van der Waals surface area contributed by atoms with E-state index in [2.05, 4.69) is 38.1 Å². The van der Waals surface area contributed by atoms with Gasteiger partial charge in [-0.1, -0.05) is 18.6 Å². The quantitative estimate of drug-likeness (QED) is 0.557. The summed E-state index contributed by atoms with van der Waals surface area (Å²) in [6.07, 6.45) is 9.63. The molecule has 3 rings (SSSR count). The molecule has 1 aromatic carbocycles. The van der Waals surface area contributed by atoms with Crippen LogP contribution in [0, 0.1) is 12.3 Å². The molecule has 1 amide bonds. The number of aromatic nitrogens is 4. The summed E-state index contributed by atoms with van der Waals surface area (Å²) in [5.41, 5.74) is 2.67. The Morgan fingerprint density at radius 3 is 2.96 bits per heavy atom. The lowest BCUT2D eigenvalue weighted by molar-refractivity contribution is -0.111. The molecule has 0 saturated heterocycles. The minimum atomic E-state index is -0.274. The standard InChI is InChI=1S/C17H14N6O/c1-3-8-23-11-20-15-16(18-10-19-17(15)23)22-13-7-5-6-12(9-13)21-14(24)4-2/h1,4-7,9-11H,2,8H2,(H,21,24)(H,18,19,22). The van der Waals surface area contributed by atoms with E-state index in [1.165, 1.54) is 12.4 Å². The number of amides is 1. The van der Waals surface area contributed by atoms with Crippen LogP contribution in [0.3, 0.4) is 0 Å². The largest absolute Gasteiger partial charge is 0.338 e. The van der Waals surface area contributed by atoms with Gasteiger partial charge in [0.1, 0.15) is 6.33 Å². The number of imidazole rings is 1. The number of carbonyl (C=O) groups is 1. The zero-order valence-corrected chi connectivity index (χ0v) is 12.7. The van der Waals surface area contributed by atoms with Crippen molar-refractivity contribution < 1.29 is 4.79 Å². The molecule has 0 unspecified atom stereocenters. The highest BCUT2D eigenvalue weighted by Gasteiger charge is 2.10. The van der Waals surface area contributed by atoms with E-state index in [1.54, 1.807) is 23.0 Å². The van der Waals surface area contributed by atoms with Crippen LogP contribution in [-0.2, 0) is 11.3 Å². The molecule has 7 heteroatoms. The van der Waals surface area contributed by atoms with E-state index in [1.807, 2.05) is 12.1 Å². The number of carbonyl (C=O) groups excluding carboxylic acids is 1. The summed E-state index contributed by atoms with van der Waals surface area (Å²) in [6, 6.07) is 7.24. The molecule has 24 heavy (non-hydrogen) atoms. The van der Waals surface area contributed by atoms with Crippen LogP contribution in [0.5, 0.6) is 0 Å². The minimum Gasteiger partial charge on any atom is -0.338 e. The van der Waals surface area contributed by atoms with Gasteiger partial charge in [-0.2, -0.15) is 0 Å². The van der Waals surface area contributed by atoms with Crippen molar-refractivity contribution >= 4 is 34.3 Å². The van der Waals surface area contributed by atoms with Gasteiger partial charge in [0.15, 0.2) is 17.0 Å². The number of benzene rings is 1. The van der Waals surface area contributed by atoms with Gasteiger partial charge in [0.25, 0.3) is 0 Å². The van der Waals surface area contributed by atoms with Crippen LogP contribution in [-0.4, -0.2) is 25.4 Å². The van der Waals surface area contributed by atoms with Crippen molar-refractivity contribution in [2.24, 2.45) is 0 Å². The lowest BCUT2D eigenvalue weighted by Crippen LogP contribution is -2.07. The highest BCUT2D eigenvalue weighted by Crippen LogP contribution is 2.23. The third-order valence-electron chi connectivity index (χ3n) is 3.24. The van der Waals surface area contributed by atoms with Crippen LogP contribution in [0.1, 0.15) is 0 Å². The minimum absolute atomic E-state index is 0.274. The van der Waals surface area contributed by atoms with Gasteiger partial charge in [0.05, 0.1) is 12.9 Å². The Labute approximate surface area is 138 Å². The van der Waals surface area contributed by atoms with Gasteiger partial charge in [-0.05, 0) is 24.3 Å². The molecule has 0 spiro atoms. The molecule has 0 radical (unpaired) electrons. The fraction of sp³-hybridized carbons (Fsp3) is 0.0588. The summed E-state index contributed by atoms with van der Waals surface area (Å²) in [5, 5.41) is 5.88. The fourth-order valence-corrected chi connectivity index (χ4v) is 2.19. The van der Waals surface area contributed by atoms with E-state index in [9.17, 15) is 4.79 Å². The predicted octanol–water partition coefficient (Wildman–Crippen LogP) is 2.33. The van der Waals surface area contributed by atoms with Crippen LogP contribution in [0.15, 0.2) is 49.6 Å². The predicted molar refractivity (Wildman–Crippen MR) is 92.7 cm³/mol. The molecule has 3 aromatic rings. The average molecular weight is 318 g/mol. The maximum atomic E-state index is 11.4. The Balaban J connectivity index is 1.90. The zero-order chi connectivity index (χ0) is 16.9. The first-order valence-corrected chi connectivity index (χ1v) is 7.11. The van der Waals surface area contributed by atoms with Gasteiger partial charge >= 0.3 is 0 Å². The normalized spacial score (nSPS) is 10.1. The van der Waals surface area contributed by atoms with Crippen molar-refractivity contribution in [3.63, 3.8) is 0 Å². The number of rotatable bonds is 5. The van der Waals surface area contributed by atoms with Crippen molar-refractivity contribution in [1.29, 1.82) is 0 Å². The number of nitrogens with one attached hydrogen (secondary N) is 2. The van der Waals surface area contributed by atoms with Crippen LogP contribution in [0.4, 0.5) is 17.2 Å². The molecule has 0 aliphatic carbocycles. The van der Waals surface area contributed by atoms with Crippen molar-refractivity contribution in [2.45, 2.75) is 6.54 Å². The van der Waals surface area contributed by atoms with Crippen LogP contribution in [0.25, 0.3) is 11.2 Å². The number of terminal acetylenes is 1. The summed E-state index contributed by atoms with van der Waals surface area (Å²) in [6.45, 7) is 3.81. The molecule has 2 aromatic heterocycles. The Morgan fingerprint density at radius 2 is 2.17 bits per heavy atom. The van der Waals surface area contributed by atoms with E-state index in [0.29, 0.717) is 29.2 Å². The third-order valence-corrected chi connectivity index (χ3v) is 3.24. The molecular formula is C17H14N6O. The van der Waals surface area contributed by atoms with E-state index in [4.69, 9.17) is 6.42 Å². The fourth-order valence-electron chi connectivity index (χ4n) is 2.19. The molecule has 118 valence electrons. The first-order valence-electron chi connectivity index (χ1n) is 7.11. The highest BCUT2D eigenvalue weighted by atomic mass is 16.1. The molecular weight excluding hydrogens is 304 g/mol. The van der Waals surface area contributed by atoms with E-state index in [0.717, 1.165) is 5.69 Å². The van der Waals surface area contributed by atoms with E-state index in [-0.39, 0.29) is 5.91 Å². The van der Waals surface area contributed by atoms with E-state index < -0.39 is 0 Å². The summed E-state index contributed by atoms with van der Waals surface area (Å²) >= 11 is 0. The van der Waals surface area contributed by atoms with Crippen LogP contribution < -0.4 is 10.6 Å². The van der Waals surface area contributed by atoms with Gasteiger partial charge < -0.3 is 15.2 Å². The number of nitrogens with zero attached hydrogens (tertiary/aromatic N) is 4. The maximum absolute atomic E-state index is 11.4. The van der Waals surface area contributed by atoms with Crippen LogP contribution >= 0.6 is 0 Å². The summed E-state index contributed by atoms with van der Waals surface area (Å²) in [4.78, 5) is 24.2. The molecule has 2 heterocycles. The highest BCUT2D eigenvalue weighted by molar-refractivity contribution is 5.99. The SMILES string of the molecule is C#CCn1cnc2c(Nc3cccc(NC(=O)C=C)c3)ncnc21. The summed E-state index contributed by atoms with van der Waals surface area (Å²) < 4.78 is 1.77. The van der Waals surface area contributed by atoms with Crippen molar-refractivity contribution in [2.75, 3.05) is 10.6 Å². The lowest BCUT2D eigenvalue weighted by atomic mass is 10.2. The lowest BCUT2D eigenvalue weighted by Gasteiger charge is -2.08. The Bertz CT molecular complexity index is 953. The molecule has 0 aliphatic heterocycles. The average Bonchev–Trinajstić information content (AvgIpc) is 3.00. The first kappa shape index (κ1) is 15.2. The number of anilines is 3. The van der Waals surface area contributed by atoms with Crippen molar-refractivity contribution in [3.05, 3.63) is 49.6 Å². The van der Waals surface area contributed by atoms with Gasteiger partial charge in [-0.15, -0.1) is 6.42 Å². The molecule has 0 aliphatic rings. The van der Waals surface area contributed by atoms with Crippen molar-refractivity contribution in [3.8, 4) is 12.3 Å². The second kappa shape index (κ2) is 6.62. The van der Waals surface area contributed by atoms with Gasteiger partial charge in [-0.3, -0.25) is 4.79 Å². The number of hydrogen-bond acceptors (Lipinski definition) is 5. The van der Waals surface area contributed by atoms with Gasteiger partial charge in [0.2, 0.25) is 5.91 Å². The van der Waals surface area contributed by atoms with Gasteiger partial charge in [-0.25, -0.2) is 15.0 Å². The van der Waals surface area contributed by atoms with E-state index >= 15 is 0 Å². The first-order chi connectivity index (χ1) is 11.7. The smallest absolute Gasteiger partial charge is 0.247 e. The van der Waals surface area contributed by atoms with Crippen LogP contribution in [0.2, 0.25) is 0 Å². The summed E-state index contributed by atoms with van der Waals surface area (Å²) in [5.74, 6) is 2.84. The zero-order valence-electron chi connectivity index (χ0n) is 12.7. The monoisotopic (exact) mass is 318 g/mol. The maximum Gasteiger partial charge on any atom is 0.247 e. The van der Waals surface area contributed by atoms with Gasteiger partial charge in [0, 0.05) is 11.4 Å². The second-order valence-electron chi connectivity index (χ2n) is 4.87. The molecule has 0 bridgehead atoms. The molecule has 2 N–H and O–H groups in total. The molecule has 0 fully saturated rings. The summed E-state index contributed by atoms with van der Waals surface area (Å²) in [7, 11) is 0. The Kier molecular flexibility index (Phi) is 4.21. The number of hydrogen-bond donors (Lipinski definition) is 2. The second-order valence-corrected chi connectivity index (χ2v) is 4.87. The topological polar surface area (TPSA) is 84.7 Å².